The van der Waals surface area contributed by atoms with E-state index in [1.54, 1.807) is 6.07 Å². The number of ether oxygens (including phenoxy) is 1. The fourth-order valence-electron chi connectivity index (χ4n) is 4.44. The van der Waals surface area contributed by atoms with Crippen molar-refractivity contribution in [1.82, 2.24) is 9.24 Å². The lowest BCUT2D eigenvalue weighted by molar-refractivity contribution is 0.340. The van der Waals surface area contributed by atoms with Gasteiger partial charge >= 0.3 is 0 Å². The van der Waals surface area contributed by atoms with Gasteiger partial charge in [-0.1, -0.05) is 53.5 Å². The molecule has 0 unspecified atom stereocenters. The fraction of sp³-hybridized carbons (Fsp3) is 0.161. The van der Waals surface area contributed by atoms with Gasteiger partial charge < -0.3 is 9.30 Å². The quantitative estimate of drug-likeness (QED) is 0.172. The molecule has 0 fully saturated rings. The fourth-order valence-corrected chi connectivity index (χ4v) is 5.77. The third-order valence-corrected chi connectivity index (χ3v) is 7.72. The summed E-state index contributed by atoms with van der Waals surface area (Å²) in [5.41, 5.74) is 7.12. The molecule has 0 atom stereocenters. The molecule has 0 aliphatic heterocycles. The number of benzene rings is 3. The molecule has 5 aromatic rings. The third-order valence-electron chi connectivity index (χ3n) is 6.32. The van der Waals surface area contributed by atoms with Crippen molar-refractivity contribution in [3.63, 3.8) is 0 Å². The summed E-state index contributed by atoms with van der Waals surface area (Å²) in [4.78, 5) is 5.65. The number of thiazole rings is 1. The molecule has 5 nitrogen and oxygen atoms in total. The first-order valence-corrected chi connectivity index (χ1v) is 14.2. The summed E-state index contributed by atoms with van der Waals surface area (Å²) in [7, 11) is 0. The molecule has 5 rings (SSSR count). The second-order valence-corrected chi connectivity index (χ2v) is 10.7. The second-order valence-electron chi connectivity index (χ2n) is 8.97. The first-order valence-electron chi connectivity index (χ1n) is 12.6. The summed E-state index contributed by atoms with van der Waals surface area (Å²) in [6, 6.07) is 25.9. The van der Waals surface area contributed by atoms with Gasteiger partial charge in [0, 0.05) is 38.6 Å². The van der Waals surface area contributed by atoms with Crippen LogP contribution in [0.15, 0.2) is 94.3 Å². The van der Waals surface area contributed by atoms with Gasteiger partial charge in [0.1, 0.15) is 5.75 Å². The van der Waals surface area contributed by atoms with Crippen LogP contribution in [0.4, 0.5) is 0 Å². The topological polar surface area (TPSA) is 43.8 Å². The Labute approximate surface area is 242 Å². The zero-order valence-corrected chi connectivity index (χ0v) is 24.3. The summed E-state index contributed by atoms with van der Waals surface area (Å²) in [5.74, 6) is 0.861. The van der Waals surface area contributed by atoms with E-state index in [2.05, 4.69) is 48.7 Å². The molecule has 39 heavy (non-hydrogen) atoms. The number of halogens is 2. The average molecular weight is 576 g/mol. The maximum atomic E-state index is 6.60. The summed E-state index contributed by atoms with van der Waals surface area (Å²) in [5, 5.41) is 8.10. The minimum Gasteiger partial charge on any atom is -0.494 e. The number of hydrogen-bond donors (Lipinski definition) is 0. The monoisotopic (exact) mass is 574 g/mol. The van der Waals surface area contributed by atoms with Crippen LogP contribution < -0.4 is 9.54 Å². The number of nitrogens with zero attached hydrogens (tertiary/aromatic N) is 4. The van der Waals surface area contributed by atoms with Crippen molar-refractivity contribution in [3.05, 3.63) is 122 Å². The molecule has 0 aliphatic rings. The Morgan fingerprint density at radius 3 is 2.44 bits per heavy atom. The van der Waals surface area contributed by atoms with Crippen molar-refractivity contribution >= 4 is 40.8 Å². The predicted molar refractivity (Wildman–Crippen MR) is 163 cm³/mol. The van der Waals surface area contributed by atoms with Gasteiger partial charge in [-0.3, -0.25) is 4.99 Å². The molecule has 3 aromatic carbocycles. The Kier molecular flexibility index (Phi) is 8.36. The van der Waals surface area contributed by atoms with Crippen LogP contribution in [0.2, 0.25) is 10.0 Å². The summed E-state index contributed by atoms with van der Waals surface area (Å²) < 4.78 is 9.67. The summed E-state index contributed by atoms with van der Waals surface area (Å²) >= 11 is 14.3. The minimum atomic E-state index is 0.552. The van der Waals surface area contributed by atoms with E-state index < -0.39 is 0 Å². The SMILES string of the molecule is CCOc1ccc(-n2c(C)cc(C=Nn3c(-c4ccc(Cl)cc4Cl)csc3=NCc3ccccc3)c2C)cc1. The smallest absolute Gasteiger partial charge is 0.206 e. The molecule has 0 saturated heterocycles. The highest BCUT2D eigenvalue weighted by molar-refractivity contribution is 7.07. The van der Waals surface area contributed by atoms with Crippen LogP contribution in [0, 0.1) is 13.8 Å². The van der Waals surface area contributed by atoms with Crippen LogP contribution >= 0.6 is 34.5 Å². The van der Waals surface area contributed by atoms with Gasteiger partial charge in [0.25, 0.3) is 0 Å². The van der Waals surface area contributed by atoms with E-state index in [0.29, 0.717) is 23.2 Å². The van der Waals surface area contributed by atoms with E-state index in [-0.39, 0.29) is 0 Å². The van der Waals surface area contributed by atoms with Gasteiger partial charge in [0.2, 0.25) is 4.80 Å². The standard InChI is InChI=1S/C31H28Cl2N4OS/c1-4-38-27-13-11-26(12-14-27)36-21(2)16-24(22(36)3)19-35-37-30(28-15-10-25(32)17-29(28)33)20-39-31(37)34-18-23-8-6-5-7-9-23/h5-17,19-20H,4,18H2,1-3H3. The molecular formula is C31H28Cl2N4OS. The van der Waals surface area contributed by atoms with Gasteiger partial charge in [0.15, 0.2) is 0 Å². The molecule has 0 bridgehead atoms. The molecular weight excluding hydrogens is 547 g/mol. The Bertz CT molecular complexity index is 1680. The Morgan fingerprint density at radius 1 is 0.949 bits per heavy atom. The number of aryl methyl sites for hydroxylation is 1. The van der Waals surface area contributed by atoms with Crippen molar-refractivity contribution < 1.29 is 4.74 Å². The third kappa shape index (κ3) is 6.04. The van der Waals surface area contributed by atoms with Crippen LogP contribution in [-0.4, -0.2) is 22.1 Å². The molecule has 0 spiro atoms. The Hall–Kier alpha value is -3.58. The maximum Gasteiger partial charge on any atom is 0.206 e. The zero-order chi connectivity index (χ0) is 27.4. The maximum absolute atomic E-state index is 6.60. The second kappa shape index (κ2) is 12.1. The minimum absolute atomic E-state index is 0.552. The van der Waals surface area contributed by atoms with Gasteiger partial charge in [0.05, 0.1) is 30.1 Å². The lowest BCUT2D eigenvalue weighted by Gasteiger charge is -2.11. The first kappa shape index (κ1) is 27.0. The van der Waals surface area contributed by atoms with E-state index in [1.165, 1.54) is 11.3 Å². The van der Waals surface area contributed by atoms with Crippen molar-refractivity contribution in [2.45, 2.75) is 27.3 Å². The molecule has 2 aromatic heterocycles. The highest BCUT2D eigenvalue weighted by Gasteiger charge is 2.13. The molecule has 0 radical (unpaired) electrons. The molecule has 0 amide bonds. The highest BCUT2D eigenvalue weighted by atomic mass is 35.5. The lowest BCUT2D eigenvalue weighted by atomic mass is 10.2. The molecule has 2 heterocycles. The van der Waals surface area contributed by atoms with Gasteiger partial charge in [-0.25, -0.2) is 4.68 Å². The highest BCUT2D eigenvalue weighted by Crippen LogP contribution is 2.31. The Morgan fingerprint density at radius 2 is 1.72 bits per heavy atom. The molecule has 0 N–H and O–H groups in total. The van der Waals surface area contributed by atoms with E-state index in [0.717, 1.165) is 50.0 Å². The van der Waals surface area contributed by atoms with Gasteiger partial charge in [-0.15, -0.1) is 11.3 Å². The number of aromatic nitrogens is 2. The van der Waals surface area contributed by atoms with Crippen molar-refractivity contribution in [2.75, 3.05) is 6.61 Å². The van der Waals surface area contributed by atoms with Crippen molar-refractivity contribution in [2.24, 2.45) is 10.1 Å². The lowest BCUT2D eigenvalue weighted by Crippen LogP contribution is -2.12. The normalized spacial score (nSPS) is 12.0. The average Bonchev–Trinajstić information content (AvgIpc) is 3.46. The van der Waals surface area contributed by atoms with E-state index in [1.807, 2.05) is 65.7 Å². The largest absolute Gasteiger partial charge is 0.494 e. The van der Waals surface area contributed by atoms with Crippen LogP contribution in [0.25, 0.3) is 16.9 Å². The Balaban J connectivity index is 1.55. The summed E-state index contributed by atoms with van der Waals surface area (Å²) in [6.07, 6.45) is 1.88. The molecule has 0 saturated carbocycles. The van der Waals surface area contributed by atoms with E-state index >= 15 is 0 Å². The first-order chi connectivity index (χ1) is 18.9. The number of hydrogen-bond acceptors (Lipinski definition) is 4. The van der Waals surface area contributed by atoms with Gasteiger partial charge in [-0.05, 0) is 74.9 Å². The van der Waals surface area contributed by atoms with Crippen LogP contribution in [0.1, 0.15) is 29.4 Å². The molecule has 198 valence electrons. The zero-order valence-electron chi connectivity index (χ0n) is 21.9. The van der Waals surface area contributed by atoms with E-state index in [4.69, 9.17) is 38.0 Å². The molecule has 0 aliphatic carbocycles. The molecule has 8 heteroatoms. The van der Waals surface area contributed by atoms with E-state index in [9.17, 15) is 0 Å². The van der Waals surface area contributed by atoms with Crippen molar-refractivity contribution in [1.29, 1.82) is 0 Å². The predicted octanol–water partition coefficient (Wildman–Crippen LogP) is 8.31. The number of rotatable bonds is 8. The van der Waals surface area contributed by atoms with Crippen LogP contribution in [0.5, 0.6) is 5.75 Å². The van der Waals surface area contributed by atoms with Crippen molar-refractivity contribution in [3.8, 4) is 22.7 Å². The van der Waals surface area contributed by atoms with Gasteiger partial charge in [-0.2, -0.15) is 5.10 Å². The summed E-state index contributed by atoms with van der Waals surface area (Å²) in [6.45, 7) is 7.37. The van der Waals surface area contributed by atoms with Crippen LogP contribution in [-0.2, 0) is 6.54 Å². The van der Waals surface area contributed by atoms with Crippen LogP contribution in [0.3, 0.4) is 0 Å².